The lowest BCUT2D eigenvalue weighted by Gasteiger charge is -2.35. The zero-order valence-electron chi connectivity index (χ0n) is 19.4. The van der Waals surface area contributed by atoms with Crippen molar-refractivity contribution in [3.05, 3.63) is 47.0 Å². The zero-order valence-corrected chi connectivity index (χ0v) is 19.4. The van der Waals surface area contributed by atoms with E-state index in [1.165, 1.54) is 0 Å². The first-order chi connectivity index (χ1) is 15.0. The molecule has 1 aliphatic heterocycles. The number of piperidine rings is 1. The smallest absolute Gasteiger partial charge is 0.160 e. The van der Waals surface area contributed by atoms with E-state index in [0.29, 0.717) is 11.7 Å². The van der Waals surface area contributed by atoms with Crippen molar-refractivity contribution in [3.63, 3.8) is 0 Å². The molecule has 0 amide bonds. The Hall–Kier alpha value is -2.87. The van der Waals surface area contributed by atoms with Crippen molar-refractivity contribution in [2.24, 2.45) is 5.18 Å². The van der Waals surface area contributed by atoms with Gasteiger partial charge in [0.05, 0.1) is 22.6 Å². The van der Waals surface area contributed by atoms with Crippen molar-refractivity contribution in [1.29, 1.82) is 0 Å². The molecule has 2 aromatic rings. The second-order valence-electron chi connectivity index (χ2n) is 7.61. The van der Waals surface area contributed by atoms with Gasteiger partial charge in [0.1, 0.15) is 6.33 Å². The predicted octanol–water partition coefficient (Wildman–Crippen LogP) is 4.89. The van der Waals surface area contributed by atoms with Crippen LogP contribution in [0.1, 0.15) is 52.1 Å². The van der Waals surface area contributed by atoms with Crippen molar-refractivity contribution < 1.29 is 0 Å². The molecule has 8 nitrogen and oxygen atoms in total. The van der Waals surface area contributed by atoms with Crippen LogP contribution in [0.4, 0.5) is 5.82 Å². The van der Waals surface area contributed by atoms with Gasteiger partial charge in [-0.1, -0.05) is 26.0 Å². The van der Waals surface area contributed by atoms with Gasteiger partial charge >= 0.3 is 0 Å². The molecule has 1 saturated heterocycles. The van der Waals surface area contributed by atoms with Crippen LogP contribution in [0.15, 0.2) is 41.6 Å². The van der Waals surface area contributed by atoms with Gasteiger partial charge in [0.15, 0.2) is 5.82 Å². The molecule has 31 heavy (non-hydrogen) atoms. The molecule has 8 heteroatoms. The van der Waals surface area contributed by atoms with Crippen LogP contribution in [0, 0.1) is 4.91 Å². The average Bonchev–Trinajstić information content (AvgIpc) is 3.24. The van der Waals surface area contributed by atoms with Crippen LogP contribution in [0.2, 0.25) is 0 Å². The predicted molar refractivity (Wildman–Crippen MR) is 128 cm³/mol. The minimum absolute atomic E-state index is 0.507. The van der Waals surface area contributed by atoms with Crippen LogP contribution in [-0.4, -0.2) is 58.3 Å². The summed E-state index contributed by atoms with van der Waals surface area (Å²) in [5.74, 6) is 0.971. The molecule has 2 aromatic heterocycles. The molecule has 0 bridgehead atoms. The Kier molecular flexibility index (Phi) is 10.0. The van der Waals surface area contributed by atoms with E-state index in [1.807, 2.05) is 13.0 Å². The van der Waals surface area contributed by atoms with E-state index in [-0.39, 0.29) is 0 Å². The maximum Gasteiger partial charge on any atom is 0.160 e. The molecule has 0 saturated carbocycles. The quantitative estimate of drug-likeness (QED) is 0.635. The SMILES string of the molecule is C/C=C(\CC)N=O.CC/C=C/c1[nH]nc(N(C)C2CCN(C)CC2)c1-c1ccncn1. The Morgan fingerprint density at radius 3 is 2.61 bits per heavy atom. The minimum atomic E-state index is 0.507. The van der Waals surface area contributed by atoms with Gasteiger partial charge in [-0.25, -0.2) is 9.97 Å². The van der Waals surface area contributed by atoms with Gasteiger partial charge in [0, 0.05) is 19.3 Å². The Balaban J connectivity index is 0.000000423. The van der Waals surface area contributed by atoms with Crippen molar-refractivity contribution >= 4 is 11.9 Å². The second-order valence-corrected chi connectivity index (χ2v) is 7.61. The number of hydrogen-bond donors (Lipinski definition) is 1. The highest BCUT2D eigenvalue weighted by Crippen LogP contribution is 2.33. The van der Waals surface area contributed by atoms with Crippen LogP contribution in [0.5, 0.6) is 0 Å². The van der Waals surface area contributed by atoms with Gasteiger partial charge < -0.3 is 9.80 Å². The van der Waals surface area contributed by atoms with Gasteiger partial charge in [-0.3, -0.25) is 5.10 Å². The lowest BCUT2D eigenvalue weighted by Crippen LogP contribution is -2.42. The molecule has 3 heterocycles. The lowest BCUT2D eigenvalue weighted by molar-refractivity contribution is 0.252. The van der Waals surface area contributed by atoms with Gasteiger partial charge in [0.2, 0.25) is 0 Å². The Morgan fingerprint density at radius 2 is 2.10 bits per heavy atom. The topological polar surface area (TPSA) is 90.4 Å². The van der Waals surface area contributed by atoms with Crippen LogP contribution in [0.3, 0.4) is 0 Å². The largest absolute Gasteiger partial charge is 0.355 e. The second kappa shape index (κ2) is 12.7. The number of nitrogens with zero attached hydrogens (tertiary/aromatic N) is 6. The first-order valence-corrected chi connectivity index (χ1v) is 11.0. The number of nitrogens with one attached hydrogen (secondary N) is 1. The van der Waals surface area contributed by atoms with Crippen molar-refractivity contribution in [3.8, 4) is 11.3 Å². The summed E-state index contributed by atoms with van der Waals surface area (Å²) in [7, 11) is 4.33. The number of anilines is 1. The molecule has 0 radical (unpaired) electrons. The Morgan fingerprint density at radius 1 is 1.35 bits per heavy atom. The van der Waals surface area contributed by atoms with Crippen LogP contribution >= 0.6 is 0 Å². The monoisotopic (exact) mass is 425 g/mol. The van der Waals surface area contributed by atoms with Crippen LogP contribution in [-0.2, 0) is 0 Å². The summed E-state index contributed by atoms with van der Waals surface area (Å²) < 4.78 is 0. The van der Waals surface area contributed by atoms with Crippen molar-refractivity contribution in [2.45, 2.75) is 52.5 Å². The van der Waals surface area contributed by atoms with Crippen molar-refractivity contribution in [2.75, 3.05) is 32.1 Å². The summed E-state index contributed by atoms with van der Waals surface area (Å²) in [6.45, 7) is 8.09. The number of aromatic amines is 1. The number of likely N-dealkylation sites (tertiary alicyclic amines) is 1. The molecular formula is C23H35N7O. The van der Waals surface area contributed by atoms with Crippen LogP contribution in [0.25, 0.3) is 17.3 Å². The fourth-order valence-electron chi connectivity index (χ4n) is 3.52. The number of rotatable bonds is 7. The Bertz CT molecular complexity index is 852. The minimum Gasteiger partial charge on any atom is -0.355 e. The van der Waals surface area contributed by atoms with Gasteiger partial charge in [0.25, 0.3) is 0 Å². The first-order valence-electron chi connectivity index (χ1n) is 11.0. The molecule has 1 N–H and O–H groups in total. The maximum atomic E-state index is 9.65. The number of nitroso groups, excluding NO2 is 1. The highest BCUT2D eigenvalue weighted by molar-refractivity contribution is 5.81. The summed E-state index contributed by atoms with van der Waals surface area (Å²) in [5.41, 5.74) is 3.60. The summed E-state index contributed by atoms with van der Waals surface area (Å²) in [5, 5.41) is 10.5. The molecule has 0 aromatic carbocycles. The van der Waals surface area contributed by atoms with Crippen LogP contribution < -0.4 is 4.90 Å². The molecule has 1 fully saturated rings. The zero-order chi connectivity index (χ0) is 22.6. The molecule has 1 aliphatic rings. The van der Waals surface area contributed by atoms with E-state index in [4.69, 9.17) is 0 Å². The van der Waals surface area contributed by atoms with E-state index in [1.54, 1.807) is 25.5 Å². The Labute approximate surface area is 185 Å². The van der Waals surface area contributed by atoms with Crippen molar-refractivity contribution in [1.82, 2.24) is 25.1 Å². The van der Waals surface area contributed by atoms with Gasteiger partial charge in [-0.2, -0.15) is 5.10 Å². The van der Waals surface area contributed by atoms with E-state index in [9.17, 15) is 4.91 Å². The fourth-order valence-corrected chi connectivity index (χ4v) is 3.52. The lowest BCUT2D eigenvalue weighted by atomic mass is 10.0. The molecule has 3 rings (SSSR count). The highest BCUT2D eigenvalue weighted by Gasteiger charge is 2.26. The summed E-state index contributed by atoms with van der Waals surface area (Å²) in [6, 6.07) is 2.45. The number of H-pyrrole nitrogens is 1. The normalized spacial score (nSPS) is 15.6. The standard InChI is InChI=1S/C18H26N6.C5H9NO/c1-4-5-6-16-17(15-7-10-19-13-20-15)18(22-21-16)24(3)14-8-11-23(2)12-9-14;1-3-5(4-2)6-7/h5-7,10,13-14H,4,8-9,11-12H2,1-3H3,(H,21,22);3H,4H2,1-2H3/b6-5+;5-3+. The molecule has 168 valence electrons. The third-order valence-electron chi connectivity index (χ3n) is 5.52. The maximum absolute atomic E-state index is 9.65. The third-order valence-corrected chi connectivity index (χ3v) is 5.52. The van der Waals surface area contributed by atoms with E-state index in [2.05, 4.69) is 68.3 Å². The molecular weight excluding hydrogens is 390 g/mol. The fraction of sp³-hybridized carbons (Fsp3) is 0.522. The van der Waals surface area contributed by atoms with Gasteiger partial charge in [-0.05, 0) is 70.1 Å². The summed E-state index contributed by atoms with van der Waals surface area (Å²) in [6.07, 6.45) is 13.4. The molecule has 0 unspecified atom stereocenters. The number of aromatic nitrogens is 4. The molecule has 0 spiro atoms. The number of allylic oxidation sites excluding steroid dienone is 3. The third kappa shape index (κ3) is 6.82. The van der Waals surface area contributed by atoms with E-state index in [0.717, 1.165) is 61.5 Å². The molecule has 0 atom stereocenters. The molecule has 0 aliphatic carbocycles. The first kappa shape index (κ1) is 24.4. The summed E-state index contributed by atoms with van der Waals surface area (Å²) in [4.78, 5) is 22.8. The summed E-state index contributed by atoms with van der Waals surface area (Å²) >= 11 is 0. The highest BCUT2D eigenvalue weighted by atomic mass is 16.3. The van der Waals surface area contributed by atoms with Gasteiger partial charge in [-0.15, -0.1) is 4.91 Å². The number of hydrogen-bond acceptors (Lipinski definition) is 7. The van der Waals surface area contributed by atoms with E-state index >= 15 is 0 Å². The average molecular weight is 426 g/mol. The van der Waals surface area contributed by atoms with E-state index < -0.39 is 0 Å².